The quantitative estimate of drug-likeness (QED) is 0.476. The summed E-state index contributed by atoms with van der Waals surface area (Å²) in [6.45, 7) is 6.36. The number of nitrogens with one attached hydrogen (secondary N) is 2. The molecule has 8 nitrogen and oxygen atoms in total. The fraction of sp³-hybridized carbons (Fsp3) is 0.318. The van der Waals surface area contributed by atoms with E-state index in [1.807, 2.05) is 25.3 Å². The van der Waals surface area contributed by atoms with E-state index in [2.05, 4.69) is 25.8 Å². The second-order valence-corrected chi connectivity index (χ2v) is 8.28. The molecule has 32 heavy (non-hydrogen) atoms. The highest BCUT2D eigenvalue weighted by Gasteiger charge is 2.27. The van der Waals surface area contributed by atoms with Crippen molar-refractivity contribution in [3.63, 3.8) is 0 Å². The molecule has 3 aromatic rings. The van der Waals surface area contributed by atoms with Crippen molar-refractivity contribution in [1.82, 2.24) is 25.1 Å². The van der Waals surface area contributed by atoms with Crippen LogP contribution in [0.3, 0.4) is 0 Å². The van der Waals surface area contributed by atoms with Gasteiger partial charge in [0.25, 0.3) is 5.91 Å². The topological polar surface area (TPSA) is 102 Å². The molecule has 2 heterocycles. The van der Waals surface area contributed by atoms with Gasteiger partial charge in [0.15, 0.2) is 11.0 Å². The summed E-state index contributed by atoms with van der Waals surface area (Å²) in [7, 11) is 0. The van der Waals surface area contributed by atoms with Crippen molar-refractivity contribution < 1.29 is 14.0 Å². The summed E-state index contributed by atoms with van der Waals surface area (Å²) < 4.78 is 15.9. The van der Waals surface area contributed by atoms with Crippen LogP contribution in [0.15, 0.2) is 53.9 Å². The first-order valence-electron chi connectivity index (χ1n) is 10.2. The maximum Gasteiger partial charge on any atom is 0.254 e. The first-order chi connectivity index (χ1) is 15.4. The molecule has 3 rings (SSSR count). The molecule has 2 aromatic heterocycles. The van der Waals surface area contributed by atoms with Crippen molar-refractivity contribution in [3.8, 4) is 0 Å². The molecule has 10 heteroatoms. The summed E-state index contributed by atoms with van der Waals surface area (Å²) in [5.41, 5.74) is 0.592. The maximum atomic E-state index is 14.0. The number of anilines is 1. The largest absolute Gasteiger partial charge is 0.342 e. The van der Waals surface area contributed by atoms with E-state index in [4.69, 9.17) is 0 Å². The number of thioether (sulfide) groups is 1. The van der Waals surface area contributed by atoms with Gasteiger partial charge in [-0.25, -0.2) is 4.39 Å². The van der Waals surface area contributed by atoms with Crippen molar-refractivity contribution in [1.29, 1.82) is 0 Å². The summed E-state index contributed by atoms with van der Waals surface area (Å²) >= 11 is 1.25. The van der Waals surface area contributed by atoms with Crippen molar-refractivity contribution >= 4 is 29.3 Å². The number of rotatable bonds is 9. The summed E-state index contributed by atoms with van der Waals surface area (Å²) in [4.78, 5) is 28.9. The molecule has 0 aliphatic carbocycles. The molecule has 0 fully saturated rings. The fourth-order valence-corrected chi connectivity index (χ4v) is 3.90. The molecule has 0 spiro atoms. The molecule has 2 amide bonds. The standard InChI is InChI=1S/C22H25FN6O2S/c1-4-29-20(19(14(2)3)26-21(31)16-9-5-6-10-17(16)23)27-28-22(29)32-13-18(30)25-15-8-7-11-24-12-15/h5-12,14,19H,4,13H2,1-3H3,(H,25,30)(H,26,31)/t19-/m0/s1. The molecule has 1 atom stereocenters. The zero-order chi connectivity index (χ0) is 23.1. The Morgan fingerprint density at radius 3 is 2.59 bits per heavy atom. The van der Waals surface area contributed by atoms with Crippen LogP contribution in [-0.4, -0.2) is 37.3 Å². The third-order valence-electron chi connectivity index (χ3n) is 4.69. The predicted molar refractivity (Wildman–Crippen MR) is 121 cm³/mol. The number of carbonyl (C=O) groups excluding carboxylic acids is 2. The van der Waals surface area contributed by atoms with E-state index in [1.54, 1.807) is 30.6 Å². The van der Waals surface area contributed by atoms with Gasteiger partial charge in [-0.2, -0.15) is 0 Å². The number of hydrogen-bond acceptors (Lipinski definition) is 6. The highest BCUT2D eigenvalue weighted by atomic mass is 32.2. The van der Waals surface area contributed by atoms with E-state index < -0.39 is 17.8 Å². The Morgan fingerprint density at radius 2 is 1.94 bits per heavy atom. The van der Waals surface area contributed by atoms with Crippen LogP contribution >= 0.6 is 11.8 Å². The van der Waals surface area contributed by atoms with Gasteiger partial charge in [-0.1, -0.05) is 37.7 Å². The average Bonchev–Trinajstić information content (AvgIpc) is 3.19. The van der Waals surface area contributed by atoms with Crippen LogP contribution < -0.4 is 10.6 Å². The lowest BCUT2D eigenvalue weighted by atomic mass is 10.0. The zero-order valence-corrected chi connectivity index (χ0v) is 18.9. The van der Waals surface area contributed by atoms with E-state index in [0.29, 0.717) is 23.2 Å². The lowest BCUT2D eigenvalue weighted by Crippen LogP contribution is -2.34. The average molecular weight is 457 g/mol. The van der Waals surface area contributed by atoms with E-state index in [1.165, 1.54) is 30.0 Å². The Bertz CT molecular complexity index is 1070. The van der Waals surface area contributed by atoms with Gasteiger partial charge in [0.05, 0.1) is 29.2 Å². The molecule has 0 aliphatic rings. The van der Waals surface area contributed by atoms with Crippen molar-refractivity contribution in [2.45, 2.75) is 38.5 Å². The summed E-state index contributed by atoms with van der Waals surface area (Å²) in [6, 6.07) is 8.86. The fourth-order valence-electron chi connectivity index (χ4n) is 3.09. The molecule has 1 aromatic carbocycles. The van der Waals surface area contributed by atoms with Gasteiger partial charge in [0.2, 0.25) is 5.91 Å². The molecular weight excluding hydrogens is 431 g/mol. The van der Waals surface area contributed by atoms with Crippen LogP contribution in [0.4, 0.5) is 10.1 Å². The predicted octanol–water partition coefficient (Wildman–Crippen LogP) is 3.69. The minimum absolute atomic E-state index is 0.0213. The minimum Gasteiger partial charge on any atom is -0.342 e. The summed E-state index contributed by atoms with van der Waals surface area (Å²) in [5, 5.41) is 14.7. The Balaban J connectivity index is 1.73. The number of pyridine rings is 1. The molecule has 0 unspecified atom stereocenters. The lowest BCUT2D eigenvalue weighted by Gasteiger charge is -2.22. The number of amides is 2. The summed E-state index contributed by atoms with van der Waals surface area (Å²) in [5.74, 6) is -0.614. The molecule has 0 saturated carbocycles. The molecule has 2 N–H and O–H groups in total. The second kappa shape index (κ2) is 10.9. The Labute approximate surface area is 190 Å². The molecule has 0 bridgehead atoms. The number of benzene rings is 1. The summed E-state index contributed by atoms with van der Waals surface area (Å²) in [6.07, 6.45) is 3.20. The Hall–Kier alpha value is -3.27. The third-order valence-corrected chi connectivity index (χ3v) is 5.66. The second-order valence-electron chi connectivity index (χ2n) is 7.34. The van der Waals surface area contributed by atoms with Crippen molar-refractivity contribution in [2.75, 3.05) is 11.1 Å². The van der Waals surface area contributed by atoms with Crippen molar-refractivity contribution in [3.05, 3.63) is 66.0 Å². The number of hydrogen-bond donors (Lipinski definition) is 2. The molecule has 0 aliphatic heterocycles. The number of halogens is 1. The van der Waals surface area contributed by atoms with Gasteiger partial charge >= 0.3 is 0 Å². The van der Waals surface area contributed by atoms with Crippen LogP contribution in [0.25, 0.3) is 0 Å². The monoisotopic (exact) mass is 456 g/mol. The number of carbonyl (C=O) groups is 2. The van der Waals surface area contributed by atoms with Gasteiger partial charge in [-0.3, -0.25) is 14.6 Å². The van der Waals surface area contributed by atoms with Gasteiger partial charge in [0.1, 0.15) is 5.82 Å². The molecule has 0 saturated heterocycles. The number of aromatic nitrogens is 4. The van der Waals surface area contributed by atoms with Crippen molar-refractivity contribution in [2.24, 2.45) is 5.92 Å². The van der Waals surface area contributed by atoms with Crippen LogP contribution in [0, 0.1) is 11.7 Å². The first kappa shape index (κ1) is 23.4. The third kappa shape index (κ3) is 5.70. The lowest BCUT2D eigenvalue weighted by molar-refractivity contribution is -0.113. The smallest absolute Gasteiger partial charge is 0.254 e. The number of nitrogens with zero attached hydrogens (tertiary/aromatic N) is 4. The van der Waals surface area contributed by atoms with Crippen LogP contribution in [0.5, 0.6) is 0 Å². The SMILES string of the molecule is CCn1c(SCC(=O)Nc2cccnc2)nnc1[C@@H](NC(=O)c1ccccc1F)C(C)C. The van der Waals surface area contributed by atoms with Gasteiger partial charge in [-0.15, -0.1) is 10.2 Å². The Kier molecular flexibility index (Phi) is 7.93. The van der Waals surface area contributed by atoms with Gasteiger partial charge < -0.3 is 15.2 Å². The first-order valence-corrected chi connectivity index (χ1v) is 11.2. The van der Waals surface area contributed by atoms with E-state index in [9.17, 15) is 14.0 Å². The molecule has 0 radical (unpaired) electrons. The Morgan fingerprint density at radius 1 is 1.16 bits per heavy atom. The van der Waals surface area contributed by atoms with E-state index in [-0.39, 0.29) is 23.1 Å². The van der Waals surface area contributed by atoms with Gasteiger partial charge in [0, 0.05) is 12.7 Å². The van der Waals surface area contributed by atoms with Crippen LogP contribution in [0.2, 0.25) is 0 Å². The van der Waals surface area contributed by atoms with E-state index in [0.717, 1.165) is 0 Å². The minimum atomic E-state index is -0.583. The molecule has 168 valence electrons. The maximum absolute atomic E-state index is 14.0. The highest BCUT2D eigenvalue weighted by Crippen LogP contribution is 2.26. The molecular formula is C22H25FN6O2S. The van der Waals surface area contributed by atoms with Crippen LogP contribution in [0.1, 0.15) is 43.0 Å². The van der Waals surface area contributed by atoms with E-state index >= 15 is 0 Å². The normalized spacial score (nSPS) is 11.9. The zero-order valence-electron chi connectivity index (χ0n) is 18.1. The highest BCUT2D eigenvalue weighted by molar-refractivity contribution is 7.99. The van der Waals surface area contributed by atoms with Crippen LogP contribution in [-0.2, 0) is 11.3 Å². The van der Waals surface area contributed by atoms with Gasteiger partial charge in [-0.05, 0) is 37.1 Å².